The number of benzene rings is 1. The molecule has 0 aliphatic heterocycles. The Morgan fingerprint density at radius 1 is 1.19 bits per heavy atom. The molecule has 8 nitrogen and oxygen atoms in total. The second-order valence-corrected chi connectivity index (χ2v) is 8.86. The molecule has 0 bridgehead atoms. The average molecular weight is 455 g/mol. The maximum Gasteiger partial charge on any atom is 0.348 e. The van der Waals surface area contributed by atoms with Crippen LogP contribution in [0.25, 0.3) is 15.9 Å². The van der Waals surface area contributed by atoms with Gasteiger partial charge in [0.25, 0.3) is 0 Å². The van der Waals surface area contributed by atoms with E-state index in [0.29, 0.717) is 39.1 Å². The number of aryl methyl sites for hydroxylation is 3. The quantitative estimate of drug-likeness (QED) is 0.340. The summed E-state index contributed by atoms with van der Waals surface area (Å²) in [7, 11) is 0. The van der Waals surface area contributed by atoms with E-state index < -0.39 is 0 Å². The van der Waals surface area contributed by atoms with E-state index >= 15 is 0 Å². The number of para-hydroxylation sites is 1. The number of nitrogen functional groups attached to an aromatic ring is 1. The number of thioether (sulfide) groups is 1. The van der Waals surface area contributed by atoms with Crippen LogP contribution in [0.3, 0.4) is 0 Å². The lowest BCUT2D eigenvalue weighted by molar-refractivity contribution is 0.0531. The van der Waals surface area contributed by atoms with Crippen LogP contribution in [-0.2, 0) is 10.5 Å². The third-order valence-electron chi connectivity index (χ3n) is 4.81. The zero-order chi connectivity index (χ0) is 22.1. The first-order valence-electron chi connectivity index (χ1n) is 9.74. The molecule has 3 heterocycles. The number of ether oxygens (including phenoxy) is 1. The molecule has 0 aliphatic rings. The summed E-state index contributed by atoms with van der Waals surface area (Å²) in [5.74, 6) is 1.85. The minimum atomic E-state index is -0.361. The molecule has 10 heteroatoms. The number of fused-ring (bicyclic) bond motifs is 1. The molecular weight excluding hydrogens is 432 g/mol. The molecule has 0 fully saturated rings. The molecule has 0 spiro atoms. The van der Waals surface area contributed by atoms with Gasteiger partial charge in [-0.2, -0.15) is 0 Å². The van der Waals surface area contributed by atoms with Gasteiger partial charge < -0.3 is 10.5 Å². The Balaban J connectivity index is 1.64. The normalized spacial score (nSPS) is 11.2. The second-order valence-electron chi connectivity index (χ2n) is 6.92. The van der Waals surface area contributed by atoms with Crippen molar-refractivity contribution in [2.75, 3.05) is 12.3 Å². The highest BCUT2D eigenvalue weighted by atomic mass is 32.2. The van der Waals surface area contributed by atoms with Crippen molar-refractivity contribution in [2.24, 2.45) is 0 Å². The van der Waals surface area contributed by atoms with Crippen molar-refractivity contribution in [3.63, 3.8) is 0 Å². The molecule has 4 aromatic rings. The highest BCUT2D eigenvalue weighted by Gasteiger charge is 2.21. The fraction of sp³-hybridized carbons (Fsp3) is 0.286. The number of nitrogens with two attached hydrogens (primary N) is 1. The monoisotopic (exact) mass is 454 g/mol. The number of rotatable bonds is 6. The minimum Gasteiger partial charge on any atom is -0.462 e. The van der Waals surface area contributed by atoms with Crippen LogP contribution in [-0.4, -0.2) is 37.3 Å². The van der Waals surface area contributed by atoms with Gasteiger partial charge in [0.2, 0.25) is 0 Å². The van der Waals surface area contributed by atoms with E-state index in [2.05, 4.69) is 33.2 Å². The van der Waals surface area contributed by atoms with Gasteiger partial charge in [-0.25, -0.2) is 14.8 Å². The molecular formula is C21H22N6O2S2. The smallest absolute Gasteiger partial charge is 0.348 e. The summed E-state index contributed by atoms with van der Waals surface area (Å²) in [6.45, 7) is 7.92. The molecule has 0 aliphatic carbocycles. The van der Waals surface area contributed by atoms with Crippen LogP contribution in [0.2, 0.25) is 0 Å². The lowest BCUT2D eigenvalue weighted by Crippen LogP contribution is -2.04. The number of esters is 1. The van der Waals surface area contributed by atoms with Gasteiger partial charge in [-0.1, -0.05) is 30.0 Å². The van der Waals surface area contributed by atoms with Crippen LogP contribution in [0.5, 0.6) is 0 Å². The Bertz CT molecular complexity index is 1280. The summed E-state index contributed by atoms with van der Waals surface area (Å²) in [6.07, 6.45) is 0. The fourth-order valence-corrected chi connectivity index (χ4v) is 5.28. The molecule has 2 N–H and O–H groups in total. The standard InChI is InChI=1S/C21H22N6O2S2/c1-5-29-20(28)17-12(3)16-18(22)23-15(24-19(16)31-17)10-30-21-26-25-13(4)27(21)14-9-7-6-8-11(14)2/h6-9H,5,10H2,1-4H3,(H2,22,23,24). The number of hydrogen-bond acceptors (Lipinski definition) is 9. The lowest BCUT2D eigenvalue weighted by Gasteiger charge is -2.11. The van der Waals surface area contributed by atoms with E-state index in [1.54, 1.807) is 6.92 Å². The number of carbonyl (C=O) groups is 1. The maximum absolute atomic E-state index is 12.2. The van der Waals surface area contributed by atoms with Crippen LogP contribution in [0, 0.1) is 20.8 Å². The molecule has 0 saturated carbocycles. The third kappa shape index (κ3) is 4.00. The van der Waals surface area contributed by atoms with Gasteiger partial charge >= 0.3 is 5.97 Å². The Labute approximate surface area is 187 Å². The lowest BCUT2D eigenvalue weighted by atomic mass is 10.2. The Morgan fingerprint density at radius 2 is 1.97 bits per heavy atom. The van der Waals surface area contributed by atoms with E-state index in [1.807, 2.05) is 36.6 Å². The van der Waals surface area contributed by atoms with Gasteiger partial charge in [0.15, 0.2) is 5.16 Å². The Kier molecular flexibility index (Phi) is 5.92. The van der Waals surface area contributed by atoms with E-state index in [-0.39, 0.29) is 5.97 Å². The van der Waals surface area contributed by atoms with Crippen molar-refractivity contribution in [2.45, 2.75) is 38.6 Å². The summed E-state index contributed by atoms with van der Waals surface area (Å²) in [5, 5.41) is 10.0. The molecule has 0 radical (unpaired) electrons. The summed E-state index contributed by atoms with van der Waals surface area (Å²) >= 11 is 2.77. The molecule has 31 heavy (non-hydrogen) atoms. The maximum atomic E-state index is 12.2. The van der Waals surface area contributed by atoms with Gasteiger partial charge in [-0.15, -0.1) is 21.5 Å². The van der Waals surface area contributed by atoms with Crippen molar-refractivity contribution in [3.8, 4) is 5.69 Å². The molecule has 3 aromatic heterocycles. The van der Waals surface area contributed by atoms with Crippen molar-refractivity contribution in [1.82, 2.24) is 24.7 Å². The van der Waals surface area contributed by atoms with Gasteiger partial charge in [-0.3, -0.25) is 4.57 Å². The van der Waals surface area contributed by atoms with Gasteiger partial charge in [0, 0.05) is 0 Å². The Hall–Kier alpha value is -2.98. The molecule has 4 rings (SSSR count). The first kappa shape index (κ1) is 21.3. The molecule has 0 unspecified atom stereocenters. The van der Waals surface area contributed by atoms with E-state index in [1.165, 1.54) is 23.1 Å². The van der Waals surface area contributed by atoms with Crippen LogP contribution in [0.15, 0.2) is 29.4 Å². The zero-order valence-electron chi connectivity index (χ0n) is 17.7. The zero-order valence-corrected chi connectivity index (χ0v) is 19.3. The molecule has 1 aromatic carbocycles. The topological polar surface area (TPSA) is 109 Å². The van der Waals surface area contributed by atoms with Gasteiger partial charge in [0.1, 0.15) is 27.2 Å². The van der Waals surface area contributed by atoms with Gasteiger partial charge in [-0.05, 0) is 44.9 Å². The van der Waals surface area contributed by atoms with Gasteiger partial charge in [0.05, 0.1) is 23.4 Å². The van der Waals surface area contributed by atoms with E-state index in [4.69, 9.17) is 10.5 Å². The first-order valence-corrected chi connectivity index (χ1v) is 11.5. The van der Waals surface area contributed by atoms with E-state index in [9.17, 15) is 4.79 Å². The van der Waals surface area contributed by atoms with Crippen molar-refractivity contribution in [1.29, 1.82) is 0 Å². The summed E-state index contributed by atoms with van der Waals surface area (Å²) in [4.78, 5) is 22.5. The highest BCUT2D eigenvalue weighted by Crippen LogP contribution is 2.34. The highest BCUT2D eigenvalue weighted by molar-refractivity contribution is 7.98. The SMILES string of the molecule is CCOC(=O)c1sc2nc(CSc3nnc(C)n3-c3ccccc3C)nc(N)c2c1C. The number of nitrogens with zero attached hydrogens (tertiary/aromatic N) is 5. The summed E-state index contributed by atoms with van der Waals surface area (Å²) < 4.78 is 7.17. The Morgan fingerprint density at radius 3 is 2.71 bits per heavy atom. The van der Waals surface area contributed by atoms with Crippen LogP contribution in [0.4, 0.5) is 5.82 Å². The number of anilines is 1. The predicted molar refractivity (Wildman–Crippen MR) is 123 cm³/mol. The predicted octanol–water partition coefficient (Wildman–Crippen LogP) is 4.25. The van der Waals surface area contributed by atoms with Crippen molar-refractivity contribution in [3.05, 3.63) is 51.9 Å². The number of hydrogen-bond donors (Lipinski definition) is 1. The average Bonchev–Trinajstić information content (AvgIpc) is 3.27. The summed E-state index contributed by atoms with van der Waals surface area (Å²) in [5.41, 5.74) is 9.15. The fourth-order valence-electron chi connectivity index (χ4n) is 3.33. The molecule has 0 amide bonds. The number of aromatic nitrogens is 5. The van der Waals surface area contributed by atoms with Crippen LogP contribution in [0.1, 0.15) is 39.4 Å². The second kappa shape index (κ2) is 8.64. The molecule has 0 atom stereocenters. The minimum absolute atomic E-state index is 0.316. The third-order valence-corrected chi connectivity index (χ3v) is 6.90. The largest absolute Gasteiger partial charge is 0.462 e. The van der Waals surface area contributed by atoms with Crippen LogP contribution >= 0.6 is 23.1 Å². The van der Waals surface area contributed by atoms with Crippen molar-refractivity contribution < 1.29 is 9.53 Å². The van der Waals surface area contributed by atoms with E-state index in [0.717, 1.165) is 27.8 Å². The molecule has 160 valence electrons. The van der Waals surface area contributed by atoms with Crippen molar-refractivity contribution >= 4 is 45.1 Å². The summed E-state index contributed by atoms with van der Waals surface area (Å²) in [6, 6.07) is 8.10. The number of carbonyl (C=O) groups excluding carboxylic acids is 1. The molecule has 0 saturated heterocycles. The number of thiophene rings is 1. The first-order chi connectivity index (χ1) is 14.9. The van der Waals surface area contributed by atoms with Crippen LogP contribution < -0.4 is 5.73 Å².